The van der Waals surface area contributed by atoms with Gasteiger partial charge in [0.15, 0.2) is 9.66 Å². The van der Waals surface area contributed by atoms with E-state index in [1.807, 2.05) is 24.3 Å². The molecule has 0 saturated carbocycles. The Hall–Kier alpha value is -2.44. The van der Waals surface area contributed by atoms with Crippen molar-refractivity contribution in [3.8, 4) is 32.6 Å². The molecule has 0 aliphatic heterocycles. The standard InChI is InChI=1S/C16H10N2O2S2/c19-11-5-1-9(2-6-11)13-17-15-16(21-13)18-14(22-15)10-3-7-12(20)8-4-10/h1-8,19-20H. The monoisotopic (exact) mass is 326 g/mol. The van der Waals surface area contributed by atoms with Crippen molar-refractivity contribution < 1.29 is 10.2 Å². The molecule has 0 bridgehead atoms. The Kier molecular flexibility index (Phi) is 3.06. The molecule has 0 aliphatic carbocycles. The number of nitrogens with zero attached hydrogens (tertiary/aromatic N) is 2. The van der Waals surface area contributed by atoms with Crippen molar-refractivity contribution in [3.63, 3.8) is 0 Å². The zero-order chi connectivity index (χ0) is 15.1. The van der Waals surface area contributed by atoms with Crippen molar-refractivity contribution in [2.24, 2.45) is 0 Å². The van der Waals surface area contributed by atoms with Gasteiger partial charge in [-0.2, -0.15) is 0 Å². The number of phenolic OH excluding ortho intramolecular Hbond substituents is 2. The van der Waals surface area contributed by atoms with E-state index in [1.54, 1.807) is 24.3 Å². The van der Waals surface area contributed by atoms with Crippen LogP contribution in [0, 0.1) is 0 Å². The smallest absolute Gasteiger partial charge is 0.155 e. The number of hydrogen-bond acceptors (Lipinski definition) is 6. The van der Waals surface area contributed by atoms with Crippen molar-refractivity contribution in [1.82, 2.24) is 9.97 Å². The normalized spacial score (nSPS) is 11.1. The van der Waals surface area contributed by atoms with E-state index >= 15 is 0 Å². The van der Waals surface area contributed by atoms with E-state index < -0.39 is 0 Å². The molecule has 6 heteroatoms. The lowest BCUT2D eigenvalue weighted by atomic mass is 10.2. The number of aromatic hydroxyl groups is 2. The van der Waals surface area contributed by atoms with E-state index in [2.05, 4.69) is 9.97 Å². The van der Waals surface area contributed by atoms with Crippen LogP contribution in [0.25, 0.3) is 30.8 Å². The van der Waals surface area contributed by atoms with Crippen molar-refractivity contribution >= 4 is 32.3 Å². The summed E-state index contributed by atoms with van der Waals surface area (Å²) >= 11 is 3.06. The Labute approximate surface area is 134 Å². The second kappa shape index (κ2) is 5.08. The van der Waals surface area contributed by atoms with Gasteiger partial charge in [-0.3, -0.25) is 0 Å². The highest BCUT2D eigenvalue weighted by Crippen LogP contribution is 2.37. The number of phenols is 2. The fourth-order valence-corrected chi connectivity index (χ4v) is 4.15. The lowest BCUT2D eigenvalue weighted by Gasteiger charge is -1.96. The first-order chi connectivity index (χ1) is 10.7. The third-order valence-electron chi connectivity index (χ3n) is 3.20. The molecule has 2 aromatic heterocycles. The minimum Gasteiger partial charge on any atom is -0.508 e. The maximum absolute atomic E-state index is 9.34. The fourth-order valence-electron chi connectivity index (χ4n) is 2.10. The van der Waals surface area contributed by atoms with E-state index in [0.29, 0.717) is 0 Å². The van der Waals surface area contributed by atoms with E-state index in [1.165, 1.54) is 22.7 Å². The van der Waals surface area contributed by atoms with E-state index in [0.717, 1.165) is 30.8 Å². The van der Waals surface area contributed by atoms with Gasteiger partial charge < -0.3 is 10.2 Å². The van der Waals surface area contributed by atoms with Crippen LogP contribution < -0.4 is 0 Å². The van der Waals surface area contributed by atoms with Crippen molar-refractivity contribution in [1.29, 1.82) is 0 Å². The van der Waals surface area contributed by atoms with Crippen LogP contribution in [0.4, 0.5) is 0 Å². The first-order valence-corrected chi connectivity index (χ1v) is 8.18. The lowest BCUT2D eigenvalue weighted by molar-refractivity contribution is 0.475. The summed E-state index contributed by atoms with van der Waals surface area (Å²) in [6, 6.07) is 14.0. The molecule has 2 aromatic carbocycles. The third-order valence-corrected chi connectivity index (χ3v) is 5.33. The molecule has 108 valence electrons. The van der Waals surface area contributed by atoms with Gasteiger partial charge >= 0.3 is 0 Å². The molecular weight excluding hydrogens is 316 g/mol. The molecule has 0 atom stereocenters. The van der Waals surface area contributed by atoms with Crippen molar-refractivity contribution in [2.75, 3.05) is 0 Å². The predicted molar refractivity (Wildman–Crippen MR) is 89.5 cm³/mol. The van der Waals surface area contributed by atoms with Crippen LogP contribution >= 0.6 is 22.7 Å². The Balaban J connectivity index is 1.73. The highest BCUT2D eigenvalue weighted by atomic mass is 32.1. The molecule has 4 rings (SSSR count). The lowest BCUT2D eigenvalue weighted by Crippen LogP contribution is -1.75. The molecule has 0 unspecified atom stereocenters. The minimum absolute atomic E-state index is 0.245. The van der Waals surface area contributed by atoms with Gasteiger partial charge in [0.25, 0.3) is 0 Å². The van der Waals surface area contributed by atoms with Gasteiger partial charge in [-0.25, -0.2) is 9.97 Å². The van der Waals surface area contributed by atoms with Gasteiger partial charge in [0, 0.05) is 11.1 Å². The molecular formula is C16H10N2O2S2. The van der Waals surface area contributed by atoms with Gasteiger partial charge in [-0.05, 0) is 48.5 Å². The van der Waals surface area contributed by atoms with E-state index in [4.69, 9.17) is 0 Å². The van der Waals surface area contributed by atoms with Crippen LogP contribution in [0.3, 0.4) is 0 Å². The second-order valence-corrected chi connectivity index (χ2v) is 6.70. The first kappa shape index (κ1) is 13.2. The van der Waals surface area contributed by atoms with E-state index in [9.17, 15) is 10.2 Å². The summed E-state index contributed by atoms with van der Waals surface area (Å²) in [5.41, 5.74) is 1.94. The number of hydrogen-bond donors (Lipinski definition) is 2. The van der Waals surface area contributed by atoms with Gasteiger partial charge in [0.1, 0.15) is 21.5 Å². The summed E-state index contributed by atoms with van der Waals surface area (Å²) in [7, 11) is 0. The molecule has 0 amide bonds. The van der Waals surface area contributed by atoms with Crippen LogP contribution in [-0.4, -0.2) is 20.2 Å². The van der Waals surface area contributed by atoms with Gasteiger partial charge in [-0.1, -0.05) is 22.7 Å². The number of benzene rings is 2. The Morgan fingerprint density at radius 1 is 0.591 bits per heavy atom. The van der Waals surface area contributed by atoms with Crippen molar-refractivity contribution in [3.05, 3.63) is 48.5 Å². The summed E-state index contributed by atoms with van der Waals surface area (Å²) in [6.07, 6.45) is 0. The van der Waals surface area contributed by atoms with Crippen LogP contribution in [0.1, 0.15) is 0 Å². The minimum atomic E-state index is 0.245. The molecule has 0 saturated heterocycles. The zero-order valence-corrected chi connectivity index (χ0v) is 12.9. The highest BCUT2D eigenvalue weighted by molar-refractivity contribution is 7.29. The Morgan fingerprint density at radius 3 is 1.32 bits per heavy atom. The molecule has 0 fully saturated rings. The predicted octanol–water partition coefficient (Wildman–Crippen LogP) is 4.50. The van der Waals surface area contributed by atoms with Crippen LogP contribution in [0.5, 0.6) is 11.5 Å². The average molecular weight is 326 g/mol. The number of thiazole rings is 2. The Bertz CT molecular complexity index is 834. The molecule has 22 heavy (non-hydrogen) atoms. The molecule has 4 aromatic rings. The number of rotatable bonds is 2. The van der Waals surface area contributed by atoms with Crippen LogP contribution in [-0.2, 0) is 0 Å². The third kappa shape index (κ3) is 2.32. The van der Waals surface area contributed by atoms with Crippen molar-refractivity contribution in [2.45, 2.75) is 0 Å². The fraction of sp³-hybridized carbons (Fsp3) is 0. The highest BCUT2D eigenvalue weighted by Gasteiger charge is 2.13. The Morgan fingerprint density at radius 2 is 0.955 bits per heavy atom. The summed E-state index contributed by atoms with van der Waals surface area (Å²) in [5.74, 6) is 0.490. The van der Waals surface area contributed by atoms with Gasteiger partial charge in [0.2, 0.25) is 0 Å². The molecule has 2 N–H and O–H groups in total. The number of aromatic nitrogens is 2. The molecule has 2 heterocycles. The summed E-state index contributed by atoms with van der Waals surface area (Å²) in [6.45, 7) is 0. The zero-order valence-electron chi connectivity index (χ0n) is 11.2. The summed E-state index contributed by atoms with van der Waals surface area (Å²) in [5, 5.41) is 20.5. The van der Waals surface area contributed by atoms with Crippen LogP contribution in [0.2, 0.25) is 0 Å². The average Bonchev–Trinajstić information content (AvgIpc) is 3.07. The van der Waals surface area contributed by atoms with Gasteiger partial charge in [-0.15, -0.1) is 0 Å². The maximum atomic E-state index is 9.34. The van der Waals surface area contributed by atoms with E-state index in [-0.39, 0.29) is 11.5 Å². The quantitative estimate of drug-likeness (QED) is 0.569. The maximum Gasteiger partial charge on any atom is 0.155 e. The SMILES string of the molecule is Oc1ccc(-c2nc3sc(-c4ccc(O)cc4)nc3s2)cc1. The largest absolute Gasteiger partial charge is 0.508 e. The second-order valence-electron chi connectivity index (χ2n) is 4.74. The van der Waals surface area contributed by atoms with Crippen LogP contribution in [0.15, 0.2) is 48.5 Å². The number of fused-ring (bicyclic) bond motifs is 1. The molecule has 0 radical (unpaired) electrons. The summed E-state index contributed by atoms with van der Waals surface area (Å²) < 4.78 is 0. The molecule has 0 spiro atoms. The summed E-state index contributed by atoms with van der Waals surface area (Å²) in [4.78, 5) is 11.0. The topological polar surface area (TPSA) is 66.2 Å². The van der Waals surface area contributed by atoms with Gasteiger partial charge in [0.05, 0.1) is 0 Å². The molecule has 0 aliphatic rings. The first-order valence-electron chi connectivity index (χ1n) is 6.55. The molecule has 4 nitrogen and oxygen atoms in total.